The lowest BCUT2D eigenvalue weighted by Crippen LogP contribution is -2.12. The van der Waals surface area contributed by atoms with E-state index in [-0.39, 0.29) is 5.91 Å². The van der Waals surface area contributed by atoms with Gasteiger partial charge in [-0.15, -0.1) is 0 Å². The van der Waals surface area contributed by atoms with Crippen LogP contribution in [0, 0.1) is 11.3 Å². The zero-order valence-electron chi connectivity index (χ0n) is 12.2. The van der Waals surface area contributed by atoms with Crippen molar-refractivity contribution in [3.63, 3.8) is 0 Å². The lowest BCUT2D eigenvalue weighted by atomic mass is 10.1. The molecule has 4 heteroatoms. The van der Waals surface area contributed by atoms with Crippen LogP contribution in [-0.2, 0) is 4.79 Å². The average molecular weight is 273 g/mol. The number of amides is 1. The van der Waals surface area contributed by atoms with Gasteiger partial charge in [0, 0.05) is 12.6 Å². The number of anilines is 1. The molecule has 0 saturated carbocycles. The third-order valence-corrected chi connectivity index (χ3v) is 3.17. The summed E-state index contributed by atoms with van der Waals surface area (Å²) in [5.74, 6) is 0.507. The number of hydrogen-bond donors (Lipinski definition) is 1. The summed E-state index contributed by atoms with van der Waals surface area (Å²) in [5, 5.41) is 11.4. The van der Waals surface area contributed by atoms with Gasteiger partial charge >= 0.3 is 0 Å². The van der Waals surface area contributed by atoms with Gasteiger partial charge in [0.15, 0.2) is 0 Å². The Morgan fingerprint density at radius 2 is 1.90 bits per heavy atom. The van der Waals surface area contributed by atoms with Crippen LogP contribution >= 0.6 is 0 Å². The van der Waals surface area contributed by atoms with E-state index in [1.165, 1.54) is 38.3 Å². The standard InChI is InChI=1S/C16H23N3O/c1-2-3-4-5-6-7-8-9-16(20)19-15-11-10-14(12-17)13-18-15/h10-11,13H,2-9H2,1H3,(H,18,19,20). The van der Waals surface area contributed by atoms with Crippen molar-refractivity contribution in [2.45, 2.75) is 58.3 Å². The topological polar surface area (TPSA) is 65.8 Å². The highest BCUT2D eigenvalue weighted by Gasteiger charge is 2.03. The fourth-order valence-corrected chi connectivity index (χ4v) is 1.98. The molecule has 1 N–H and O–H groups in total. The molecule has 0 spiro atoms. The van der Waals surface area contributed by atoms with Crippen molar-refractivity contribution >= 4 is 11.7 Å². The van der Waals surface area contributed by atoms with Crippen molar-refractivity contribution in [1.82, 2.24) is 4.98 Å². The largest absolute Gasteiger partial charge is 0.311 e. The Kier molecular flexibility index (Phi) is 8.05. The first kappa shape index (κ1) is 16.2. The van der Waals surface area contributed by atoms with Crippen LogP contribution in [0.5, 0.6) is 0 Å². The SMILES string of the molecule is CCCCCCCCCC(=O)Nc1ccc(C#N)cn1. The van der Waals surface area contributed by atoms with E-state index in [2.05, 4.69) is 17.2 Å². The van der Waals surface area contributed by atoms with Crippen LogP contribution in [0.15, 0.2) is 18.3 Å². The number of nitrogens with one attached hydrogen (secondary N) is 1. The van der Waals surface area contributed by atoms with Crippen molar-refractivity contribution in [3.05, 3.63) is 23.9 Å². The third kappa shape index (κ3) is 6.89. The Hall–Kier alpha value is -1.89. The molecular weight excluding hydrogens is 250 g/mol. The highest BCUT2D eigenvalue weighted by atomic mass is 16.1. The number of unbranched alkanes of at least 4 members (excludes halogenated alkanes) is 6. The van der Waals surface area contributed by atoms with Gasteiger partial charge in [-0.25, -0.2) is 4.98 Å². The summed E-state index contributed by atoms with van der Waals surface area (Å²) in [5.41, 5.74) is 0.495. The molecule has 1 aromatic rings. The maximum Gasteiger partial charge on any atom is 0.225 e. The van der Waals surface area contributed by atoms with Gasteiger partial charge in [-0.3, -0.25) is 4.79 Å². The van der Waals surface area contributed by atoms with E-state index in [0.717, 1.165) is 12.8 Å². The predicted octanol–water partition coefficient (Wildman–Crippen LogP) is 4.03. The Labute approximate surface area is 121 Å². The maximum absolute atomic E-state index is 11.7. The second kappa shape index (κ2) is 9.96. The first-order valence-electron chi connectivity index (χ1n) is 7.42. The highest BCUT2D eigenvalue weighted by molar-refractivity contribution is 5.89. The van der Waals surface area contributed by atoms with Crippen molar-refractivity contribution in [3.8, 4) is 6.07 Å². The molecule has 0 aliphatic rings. The second-order valence-corrected chi connectivity index (χ2v) is 4.96. The molecular formula is C16H23N3O. The van der Waals surface area contributed by atoms with Crippen LogP contribution in [0.4, 0.5) is 5.82 Å². The van der Waals surface area contributed by atoms with Gasteiger partial charge in [0.2, 0.25) is 5.91 Å². The Balaban J connectivity index is 2.12. The summed E-state index contributed by atoms with van der Waals surface area (Å²) >= 11 is 0. The molecule has 0 atom stereocenters. The van der Waals surface area contributed by atoms with E-state index in [4.69, 9.17) is 5.26 Å². The van der Waals surface area contributed by atoms with E-state index in [1.807, 2.05) is 6.07 Å². The van der Waals surface area contributed by atoms with E-state index in [1.54, 1.807) is 12.1 Å². The van der Waals surface area contributed by atoms with Crippen LogP contribution in [0.25, 0.3) is 0 Å². The number of carbonyl (C=O) groups excluding carboxylic acids is 1. The minimum Gasteiger partial charge on any atom is -0.311 e. The molecule has 0 bridgehead atoms. The molecule has 1 amide bonds. The summed E-state index contributed by atoms with van der Waals surface area (Å²) in [4.78, 5) is 15.7. The molecule has 0 radical (unpaired) electrons. The fourth-order valence-electron chi connectivity index (χ4n) is 1.98. The van der Waals surface area contributed by atoms with Crippen LogP contribution < -0.4 is 5.32 Å². The minimum absolute atomic E-state index is 0.00392. The quantitative estimate of drug-likeness (QED) is 0.691. The van der Waals surface area contributed by atoms with E-state index < -0.39 is 0 Å². The monoisotopic (exact) mass is 273 g/mol. The number of aromatic nitrogens is 1. The number of hydrogen-bond acceptors (Lipinski definition) is 3. The van der Waals surface area contributed by atoms with Gasteiger partial charge in [-0.05, 0) is 18.6 Å². The molecule has 1 aromatic heterocycles. The van der Waals surface area contributed by atoms with E-state index >= 15 is 0 Å². The Morgan fingerprint density at radius 1 is 1.20 bits per heavy atom. The molecule has 0 aliphatic carbocycles. The van der Waals surface area contributed by atoms with Gasteiger partial charge < -0.3 is 5.32 Å². The summed E-state index contributed by atoms with van der Waals surface area (Å²) < 4.78 is 0. The predicted molar refractivity (Wildman–Crippen MR) is 80.2 cm³/mol. The summed E-state index contributed by atoms with van der Waals surface area (Å²) in [6.45, 7) is 2.21. The van der Waals surface area contributed by atoms with E-state index in [0.29, 0.717) is 17.8 Å². The smallest absolute Gasteiger partial charge is 0.225 e. The van der Waals surface area contributed by atoms with Gasteiger partial charge in [0.25, 0.3) is 0 Å². The van der Waals surface area contributed by atoms with Crippen molar-refractivity contribution in [1.29, 1.82) is 5.26 Å². The second-order valence-electron chi connectivity index (χ2n) is 4.96. The zero-order chi connectivity index (χ0) is 14.6. The molecule has 4 nitrogen and oxygen atoms in total. The number of nitrogens with zero attached hydrogens (tertiary/aromatic N) is 2. The van der Waals surface area contributed by atoms with Gasteiger partial charge in [0.05, 0.1) is 5.56 Å². The lowest BCUT2D eigenvalue weighted by molar-refractivity contribution is -0.116. The molecule has 0 aromatic carbocycles. The number of rotatable bonds is 9. The van der Waals surface area contributed by atoms with Crippen LogP contribution in [0.3, 0.4) is 0 Å². The first-order valence-corrected chi connectivity index (χ1v) is 7.42. The fraction of sp³-hybridized carbons (Fsp3) is 0.562. The van der Waals surface area contributed by atoms with Gasteiger partial charge in [-0.2, -0.15) is 5.26 Å². The first-order chi connectivity index (χ1) is 9.76. The van der Waals surface area contributed by atoms with Crippen molar-refractivity contribution in [2.24, 2.45) is 0 Å². The molecule has 0 saturated heterocycles. The van der Waals surface area contributed by atoms with Gasteiger partial charge in [-0.1, -0.05) is 45.4 Å². The summed E-state index contributed by atoms with van der Waals surface area (Å²) in [7, 11) is 0. The lowest BCUT2D eigenvalue weighted by Gasteiger charge is -2.04. The van der Waals surface area contributed by atoms with Crippen LogP contribution in [0.2, 0.25) is 0 Å². The molecule has 0 aliphatic heterocycles. The highest BCUT2D eigenvalue weighted by Crippen LogP contribution is 2.10. The zero-order valence-corrected chi connectivity index (χ0v) is 12.2. The average Bonchev–Trinajstić information content (AvgIpc) is 2.47. The maximum atomic E-state index is 11.7. The number of nitriles is 1. The number of pyridine rings is 1. The molecule has 108 valence electrons. The minimum atomic E-state index is -0.00392. The van der Waals surface area contributed by atoms with Crippen molar-refractivity contribution in [2.75, 3.05) is 5.32 Å². The third-order valence-electron chi connectivity index (χ3n) is 3.17. The molecule has 1 rings (SSSR count). The Bertz CT molecular complexity index is 434. The molecule has 1 heterocycles. The van der Waals surface area contributed by atoms with Crippen LogP contribution in [-0.4, -0.2) is 10.9 Å². The van der Waals surface area contributed by atoms with Crippen LogP contribution in [0.1, 0.15) is 63.9 Å². The molecule has 0 unspecified atom stereocenters. The number of carbonyl (C=O) groups is 1. The summed E-state index contributed by atoms with van der Waals surface area (Å²) in [6.07, 6.45) is 10.4. The normalized spacial score (nSPS) is 10.0. The van der Waals surface area contributed by atoms with Crippen molar-refractivity contribution < 1.29 is 4.79 Å². The molecule has 0 fully saturated rings. The Morgan fingerprint density at radius 3 is 2.50 bits per heavy atom. The molecule has 20 heavy (non-hydrogen) atoms. The van der Waals surface area contributed by atoms with E-state index in [9.17, 15) is 4.79 Å². The summed E-state index contributed by atoms with van der Waals surface area (Å²) in [6, 6.07) is 5.30. The van der Waals surface area contributed by atoms with Gasteiger partial charge in [0.1, 0.15) is 11.9 Å².